The van der Waals surface area contributed by atoms with Gasteiger partial charge in [0.25, 0.3) is 11.5 Å². The van der Waals surface area contributed by atoms with E-state index in [1.807, 2.05) is 24.3 Å². The Balaban J connectivity index is 0.000000370. The second kappa shape index (κ2) is 21.5. The molecule has 7 rings (SSSR count). The number of fused-ring (bicyclic) bond motifs is 1. The lowest BCUT2D eigenvalue weighted by molar-refractivity contribution is -0.683. The first-order chi connectivity index (χ1) is 36.5. The normalized spacial score (nSPS) is 13.3. The van der Waals surface area contributed by atoms with Crippen LogP contribution in [0.2, 0.25) is 0 Å². The summed E-state index contributed by atoms with van der Waals surface area (Å²) in [5, 5.41) is 1.49. The van der Waals surface area contributed by atoms with Crippen molar-refractivity contribution >= 4 is 50.3 Å². The summed E-state index contributed by atoms with van der Waals surface area (Å²) in [6.07, 6.45) is -53.1. The van der Waals surface area contributed by atoms with Crippen molar-refractivity contribution in [2.75, 3.05) is 6.67 Å². The molecule has 0 fully saturated rings. The minimum atomic E-state index is -6.13. The molecule has 0 radical (unpaired) electrons. The molecule has 7 aromatic rings. The van der Waals surface area contributed by atoms with E-state index < -0.39 is 207 Å². The van der Waals surface area contributed by atoms with Crippen LogP contribution >= 0.6 is 0 Å². The number of pyridine rings is 1. The van der Waals surface area contributed by atoms with Crippen LogP contribution in [0.15, 0.2) is 140 Å². The highest BCUT2D eigenvalue weighted by Gasteiger charge is 2.47. The third kappa shape index (κ3) is 13.5. The van der Waals surface area contributed by atoms with Crippen LogP contribution in [-0.2, 0) is 56.0 Å². The maximum Gasteiger partial charge on any atom is 0.416 e. The fraction of sp³-hybridized carbons (Fsp3) is 0.196. The van der Waals surface area contributed by atoms with Gasteiger partial charge < -0.3 is 0 Å². The van der Waals surface area contributed by atoms with Gasteiger partial charge in [-0.2, -0.15) is 132 Å². The molecular weight excluding hydrogens is 1140 g/mol. The Morgan fingerprint density at radius 2 is 0.625 bits per heavy atom. The van der Waals surface area contributed by atoms with Crippen molar-refractivity contribution in [2.24, 2.45) is 0 Å². The fourth-order valence-corrected chi connectivity index (χ4v) is 8.70. The van der Waals surface area contributed by atoms with Crippen molar-refractivity contribution in [1.29, 1.82) is 0 Å². The van der Waals surface area contributed by atoms with Gasteiger partial charge in [0, 0.05) is 11.6 Å². The zero-order valence-electron chi connectivity index (χ0n) is 39.0. The molecule has 0 spiro atoms. The van der Waals surface area contributed by atoms with E-state index in [1.54, 1.807) is 42.6 Å². The van der Waals surface area contributed by atoms with Gasteiger partial charge in [0.1, 0.15) is 6.15 Å². The summed E-state index contributed by atoms with van der Waals surface area (Å²) in [5.41, 5.74) is -29.4. The van der Waals surface area contributed by atoms with Gasteiger partial charge in [-0.1, -0.05) is 97.1 Å². The van der Waals surface area contributed by atoms with Crippen molar-refractivity contribution in [3.05, 3.63) is 195 Å². The molecule has 0 aliphatic rings. The zero-order valence-corrected chi connectivity index (χ0v) is 39.0. The van der Waals surface area contributed by atoms with E-state index >= 15 is 0 Å². The van der Waals surface area contributed by atoms with Crippen LogP contribution in [0.25, 0.3) is 10.8 Å². The van der Waals surface area contributed by atoms with Gasteiger partial charge in [-0.05, 0) is 35.7 Å². The van der Waals surface area contributed by atoms with Crippen molar-refractivity contribution in [3.63, 3.8) is 0 Å². The molecule has 0 aliphatic heterocycles. The minimum absolute atomic E-state index is 0.00405. The van der Waals surface area contributed by atoms with Crippen molar-refractivity contribution in [1.82, 2.24) is 0 Å². The molecule has 1 aromatic heterocycles. The predicted octanol–water partition coefficient (Wildman–Crippen LogP) is 14.4. The standard InChI is InChI=1S/C32H12BF24.C19H15FNO2/c34-25(35,36)13-1-14(26(37,38)39)6-21(5-13)33(22-7-15(27(40,41)42)2-16(8-22)28(43,44)45,23-9-17(29(46,47)48)3-18(10-23)30(49,50)51)24-11-19(31(52,53)54)4-20(12-24)32(55,56)57;20-12-17(22)19-16-9-5-4-6-14(16)10-11-21(19)13-18(23)15-7-2-1-3-8-15/h1-12H;1-11H,12-13H2/q-1;+1. The molecule has 0 atom stereocenters. The number of carbonyl (C=O) groups is 2. The third-order valence-electron chi connectivity index (χ3n) is 12.2. The number of benzene rings is 6. The van der Waals surface area contributed by atoms with E-state index in [4.69, 9.17) is 0 Å². The average molecular weight is 1170 g/mol. The first-order valence-corrected chi connectivity index (χ1v) is 21.9. The lowest BCUT2D eigenvalue weighted by Gasteiger charge is -2.46. The fourth-order valence-electron chi connectivity index (χ4n) is 8.70. The van der Waals surface area contributed by atoms with Crippen molar-refractivity contribution < 1.29 is 124 Å². The number of halogens is 25. The quantitative estimate of drug-likeness (QED) is 0.0625. The lowest BCUT2D eigenvalue weighted by Crippen LogP contribution is -2.75. The largest absolute Gasteiger partial charge is 0.416 e. The molecule has 426 valence electrons. The Morgan fingerprint density at radius 3 is 0.900 bits per heavy atom. The molecule has 3 nitrogen and oxygen atoms in total. The number of hydrogen-bond acceptors (Lipinski definition) is 2. The molecule has 0 aliphatic carbocycles. The number of ketones is 2. The topological polar surface area (TPSA) is 38.0 Å². The summed E-state index contributed by atoms with van der Waals surface area (Å²) in [7, 11) is 0. The van der Waals surface area contributed by atoms with E-state index in [1.165, 1.54) is 4.57 Å². The van der Waals surface area contributed by atoms with Gasteiger partial charge in [0.15, 0.2) is 12.9 Å². The maximum absolute atomic E-state index is 14.2. The predicted molar refractivity (Wildman–Crippen MR) is 235 cm³/mol. The van der Waals surface area contributed by atoms with Gasteiger partial charge in [0.05, 0.1) is 49.9 Å². The molecule has 0 saturated heterocycles. The third-order valence-corrected chi connectivity index (χ3v) is 12.2. The van der Waals surface area contributed by atoms with Gasteiger partial charge in [-0.3, -0.25) is 9.59 Å². The van der Waals surface area contributed by atoms with Crippen LogP contribution in [0, 0.1) is 0 Å². The Bertz CT molecular complexity index is 3000. The summed E-state index contributed by atoms with van der Waals surface area (Å²) in [6, 6.07) is 9.12. The Labute approximate surface area is 431 Å². The minimum Gasteiger partial charge on any atom is -0.287 e. The van der Waals surface area contributed by atoms with E-state index in [0.29, 0.717) is 10.9 Å². The number of nitrogens with zero attached hydrogens (tertiary/aromatic N) is 1. The molecule has 0 unspecified atom stereocenters. The molecule has 80 heavy (non-hydrogen) atoms. The molecule has 1 heterocycles. The highest BCUT2D eigenvalue weighted by molar-refractivity contribution is 7.20. The molecule has 0 bridgehead atoms. The molecule has 0 N–H and O–H groups in total. The number of rotatable bonds is 9. The summed E-state index contributed by atoms with van der Waals surface area (Å²) in [4.78, 5) is 24.4. The van der Waals surface area contributed by atoms with E-state index in [0.717, 1.165) is 5.39 Å². The summed E-state index contributed by atoms with van der Waals surface area (Å²) in [5.74, 6) is -0.749. The molecule has 0 saturated carbocycles. The van der Waals surface area contributed by atoms with E-state index in [2.05, 4.69) is 0 Å². The van der Waals surface area contributed by atoms with Crippen LogP contribution in [0.3, 0.4) is 0 Å². The van der Waals surface area contributed by atoms with Gasteiger partial charge in [-0.15, -0.1) is 0 Å². The van der Waals surface area contributed by atoms with Gasteiger partial charge in [-0.25, -0.2) is 4.39 Å². The smallest absolute Gasteiger partial charge is 0.287 e. The van der Waals surface area contributed by atoms with E-state index in [9.17, 15) is 119 Å². The lowest BCUT2D eigenvalue weighted by atomic mass is 9.12. The highest BCUT2D eigenvalue weighted by Crippen LogP contribution is 2.41. The van der Waals surface area contributed by atoms with Gasteiger partial charge >= 0.3 is 49.4 Å². The average Bonchev–Trinajstić information content (AvgIpc) is 3.34. The second-order valence-electron chi connectivity index (χ2n) is 17.4. The molecule has 6 aromatic carbocycles. The number of alkyl halides is 25. The van der Waals surface area contributed by atoms with Crippen LogP contribution in [-0.4, -0.2) is 24.4 Å². The highest BCUT2D eigenvalue weighted by atomic mass is 19.4. The second-order valence-corrected chi connectivity index (χ2v) is 17.4. The van der Waals surface area contributed by atoms with E-state index in [-0.39, 0.29) is 18.0 Å². The Morgan fingerprint density at radius 1 is 0.350 bits per heavy atom. The van der Waals surface area contributed by atoms with Crippen LogP contribution < -0.4 is 26.4 Å². The zero-order chi connectivity index (χ0) is 60.1. The van der Waals surface area contributed by atoms with Crippen LogP contribution in [0.5, 0.6) is 0 Å². The number of carbonyl (C=O) groups excluding carboxylic acids is 2. The number of Topliss-reactive ketones (excluding diaryl/α,β-unsaturated/α-hetero) is 2. The maximum atomic E-state index is 14.2. The SMILES string of the molecule is FC(F)(F)c1cc([B-](c2cc(C(F)(F)F)cc(C(F)(F)F)c2)(c2cc(C(F)(F)F)cc(C(F)(F)F)c2)c2cc(C(F)(F)F)cc(C(F)(F)F)c2)cc(C(F)(F)F)c1.O=C(C[n+]1ccc2ccccc2c1C(=O)CF)c1ccccc1. The number of aromatic nitrogens is 1. The molecular formula is C51H27BF25NO2. The van der Waals surface area contributed by atoms with Gasteiger partial charge in [0.2, 0.25) is 12.3 Å². The summed E-state index contributed by atoms with van der Waals surface area (Å²) >= 11 is 0. The van der Waals surface area contributed by atoms with Crippen molar-refractivity contribution in [3.8, 4) is 0 Å². The monoisotopic (exact) mass is 1170 g/mol. The first kappa shape index (κ1) is 61.6. The van der Waals surface area contributed by atoms with Crippen molar-refractivity contribution in [2.45, 2.75) is 56.0 Å². The summed E-state index contributed by atoms with van der Waals surface area (Å²) in [6.45, 7) is -1.09. The van der Waals surface area contributed by atoms with Crippen LogP contribution in [0.1, 0.15) is 65.4 Å². The Kier molecular flexibility index (Phi) is 16.5. The number of hydrogen-bond donors (Lipinski definition) is 0. The molecule has 29 heteroatoms. The Hall–Kier alpha value is -7.62. The van der Waals surface area contributed by atoms with Crippen LogP contribution in [0.4, 0.5) is 110 Å². The molecule has 0 amide bonds. The first-order valence-electron chi connectivity index (χ1n) is 21.9. The summed E-state index contributed by atoms with van der Waals surface area (Å²) < 4.78 is 355.